The van der Waals surface area contributed by atoms with E-state index in [0.717, 1.165) is 29.9 Å². The second-order valence-corrected chi connectivity index (χ2v) is 17.3. The molecule has 2 aliphatic heterocycles. The van der Waals surface area contributed by atoms with Gasteiger partial charge in [-0.25, -0.2) is 0 Å². The Labute approximate surface area is 333 Å². The SMILES string of the molecule is Cc1ccc(N(c2ccc(C)cc2)c2ccc3c(c2)N(c2ccccc2C)c2cc(C)cc4c2B3c2cc3c(cc2N4c2ccccc2C)CC(C)(C)C3)cc1. The summed E-state index contributed by atoms with van der Waals surface area (Å²) in [4.78, 5) is 7.57. The molecule has 0 spiro atoms. The minimum atomic E-state index is 0.0707. The van der Waals surface area contributed by atoms with Gasteiger partial charge in [-0.1, -0.05) is 97.8 Å². The van der Waals surface area contributed by atoms with Crippen LogP contribution in [-0.4, -0.2) is 6.71 Å². The van der Waals surface area contributed by atoms with Gasteiger partial charge in [-0.3, -0.25) is 0 Å². The Kier molecular flexibility index (Phi) is 7.87. The average Bonchev–Trinajstić information content (AvgIpc) is 3.49. The third-order valence-electron chi connectivity index (χ3n) is 12.4. The molecule has 0 aromatic heterocycles. The van der Waals surface area contributed by atoms with Gasteiger partial charge in [0.05, 0.1) is 0 Å². The van der Waals surface area contributed by atoms with Crippen molar-refractivity contribution in [2.75, 3.05) is 14.7 Å². The predicted octanol–water partition coefficient (Wildman–Crippen LogP) is 11.9. The normalized spacial score (nSPS) is 14.6. The number of para-hydroxylation sites is 2. The Bertz CT molecular complexity index is 2650. The summed E-state index contributed by atoms with van der Waals surface area (Å²) >= 11 is 0. The fourth-order valence-electron chi connectivity index (χ4n) is 9.80. The maximum Gasteiger partial charge on any atom is 0.252 e. The molecule has 1 aliphatic carbocycles. The van der Waals surface area contributed by atoms with Crippen molar-refractivity contribution in [3.63, 3.8) is 0 Å². The first kappa shape index (κ1) is 34.5. The van der Waals surface area contributed by atoms with Gasteiger partial charge in [0.25, 0.3) is 6.71 Å². The molecular formula is C52H48BN3. The molecule has 3 nitrogen and oxygen atoms in total. The molecule has 0 bridgehead atoms. The van der Waals surface area contributed by atoms with Crippen LogP contribution >= 0.6 is 0 Å². The first-order valence-electron chi connectivity index (χ1n) is 20.1. The van der Waals surface area contributed by atoms with Crippen molar-refractivity contribution in [2.45, 2.75) is 61.3 Å². The number of aryl methyl sites for hydroxylation is 5. The van der Waals surface area contributed by atoms with E-state index in [2.05, 4.69) is 203 Å². The second-order valence-electron chi connectivity index (χ2n) is 17.3. The molecule has 0 fully saturated rings. The van der Waals surface area contributed by atoms with Crippen LogP contribution in [-0.2, 0) is 12.8 Å². The van der Waals surface area contributed by atoms with Crippen LogP contribution in [0.4, 0.5) is 51.2 Å². The van der Waals surface area contributed by atoms with Gasteiger partial charge in [-0.2, -0.15) is 0 Å². The molecule has 0 radical (unpaired) electrons. The average molecular weight is 726 g/mol. The Morgan fingerprint density at radius 3 is 1.46 bits per heavy atom. The van der Waals surface area contributed by atoms with Crippen LogP contribution in [0.5, 0.6) is 0 Å². The highest BCUT2D eigenvalue weighted by atomic mass is 15.2. The summed E-state index contributed by atoms with van der Waals surface area (Å²) in [6.07, 6.45) is 2.20. The van der Waals surface area contributed by atoms with E-state index < -0.39 is 0 Å². The van der Waals surface area contributed by atoms with Crippen LogP contribution in [0.2, 0.25) is 0 Å². The van der Waals surface area contributed by atoms with Crippen LogP contribution < -0.4 is 31.1 Å². The molecule has 7 aromatic carbocycles. The Morgan fingerprint density at radius 1 is 0.446 bits per heavy atom. The van der Waals surface area contributed by atoms with Gasteiger partial charge in [-0.05, 0) is 164 Å². The maximum absolute atomic E-state index is 2.59. The van der Waals surface area contributed by atoms with Gasteiger partial charge < -0.3 is 14.7 Å². The fraction of sp³-hybridized carbons (Fsp3) is 0.192. The van der Waals surface area contributed by atoms with Crippen LogP contribution in [0.25, 0.3) is 0 Å². The maximum atomic E-state index is 2.59. The quantitative estimate of drug-likeness (QED) is 0.164. The number of benzene rings is 7. The number of hydrogen-bond donors (Lipinski definition) is 0. The molecule has 10 rings (SSSR count). The van der Waals surface area contributed by atoms with Crippen LogP contribution in [0, 0.1) is 40.0 Å². The summed E-state index contributed by atoms with van der Waals surface area (Å²) in [5, 5.41) is 0. The van der Waals surface area contributed by atoms with Crippen LogP contribution in [0.15, 0.2) is 140 Å². The van der Waals surface area contributed by atoms with E-state index in [9.17, 15) is 0 Å². The lowest BCUT2D eigenvalue weighted by Gasteiger charge is -2.45. The highest BCUT2D eigenvalue weighted by Crippen LogP contribution is 2.48. The largest absolute Gasteiger partial charge is 0.311 e. The molecule has 274 valence electrons. The fourth-order valence-corrected chi connectivity index (χ4v) is 9.80. The second kappa shape index (κ2) is 12.8. The monoisotopic (exact) mass is 725 g/mol. The van der Waals surface area contributed by atoms with E-state index in [4.69, 9.17) is 0 Å². The van der Waals surface area contributed by atoms with E-state index in [-0.39, 0.29) is 12.1 Å². The zero-order valence-electron chi connectivity index (χ0n) is 33.6. The zero-order chi connectivity index (χ0) is 38.5. The van der Waals surface area contributed by atoms with E-state index in [1.807, 2.05) is 0 Å². The Morgan fingerprint density at radius 2 is 0.929 bits per heavy atom. The molecule has 56 heavy (non-hydrogen) atoms. The lowest BCUT2D eigenvalue weighted by Crippen LogP contribution is -2.61. The molecule has 2 heterocycles. The predicted molar refractivity (Wildman–Crippen MR) is 240 cm³/mol. The Balaban J connectivity index is 1.28. The number of anilines is 9. The molecule has 0 saturated heterocycles. The van der Waals surface area contributed by atoms with Gasteiger partial charge in [-0.15, -0.1) is 0 Å². The minimum Gasteiger partial charge on any atom is -0.311 e. The van der Waals surface area contributed by atoms with E-state index >= 15 is 0 Å². The summed E-state index contributed by atoms with van der Waals surface area (Å²) < 4.78 is 0. The van der Waals surface area contributed by atoms with Crippen molar-refractivity contribution in [1.29, 1.82) is 0 Å². The summed E-state index contributed by atoms with van der Waals surface area (Å²) in [5.74, 6) is 0. The van der Waals surface area contributed by atoms with Gasteiger partial charge in [0.15, 0.2) is 0 Å². The van der Waals surface area contributed by atoms with Crippen molar-refractivity contribution >= 4 is 74.3 Å². The Hall–Kier alpha value is -6.00. The van der Waals surface area contributed by atoms with Gasteiger partial charge in [0, 0.05) is 51.2 Å². The van der Waals surface area contributed by atoms with Crippen molar-refractivity contribution in [3.05, 3.63) is 178 Å². The van der Waals surface area contributed by atoms with Gasteiger partial charge in [0.2, 0.25) is 0 Å². The van der Waals surface area contributed by atoms with Crippen molar-refractivity contribution in [1.82, 2.24) is 0 Å². The first-order valence-corrected chi connectivity index (χ1v) is 20.1. The lowest BCUT2D eigenvalue weighted by atomic mass is 9.33. The van der Waals surface area contributed by atoms with Crippen LogP contribution in [0.1, 0.15) is 52.8 Å². The van der Waals surface area contributed by atoms with Crippen molar-refractivity contribution in [2.24, 2.45) is 5.41 Å². The molecule has 0 unspecified atom stereocenters. The molecule has 3 aliphatic rings. The van der Waals surface area contributed by atoms with Crippen molar-refractivity contribution in [3.8, 4) is 0 Å². The minimum absolute atomic E-state index is 0.0707. The molecule has 0 amide bonds. The summed E-state index contributed by atoms with van der Waals surface area (Å²) in [7, 11) is 0. The number of nitrogens with zero attached hydrogens (tertiary/aromatic N) is 3. The summed E-state index contributed by atoms with van der Waals surface area (Å²) in [6.45, 7) is 16.0. The molecule has 0 atom stereocenters. The van der Waals surface area contributed by atoms with Gasteiger partial charge >= 0.3 is 0 Å². The van der Waals surface area contributed by atoms with E-state index in [1.165, 1.54) is 89.5 Å². The van der Waals surface area contributed by atoms with Gasteiger partial charge in [0.1, 0.15) is 0 Å². The summed E-state index contributed by atoms with van der Waals surface area (Å²) in [5.41, 5.74) is 24.6. The highest BCUT2D eigenvalue weighted by molar-refractivity contribution is 7.00. The number of hydrogen-bond acceptors (Lipinski definition) is 3. The topological polar surface area (TPSA) is 9.72 Å². The molecule has 0 saturated carbocycles. The van der Waals surface area contributed by atoms with E-state index in [0.29, 0.717) is 0 Å². The standard InChI is InChI=1S/C52H48BN3/c1-33-16-20-40(21-17-33)54(41-22-18-34(2)19-23-41)42-24-25-43-48(30-42)56(46-15-11-9-13-37(46)5)50-27-35(3)26-49-51(50)53(43)44-28-38-31-52(6,7)32-39(38)29-47(44)55(49)45-14-10-8-12-36(45)4/h8-30H,31-32H2,1-7H3. The van der Waals surface area contributed by atoms with E-state index in [1.54, 1.807) is 0 Å². The smallest absolute Gasteiger partial charge is 0.252 e. The molecule has 4 heteroatoms. The summed E-state index contributed by atoms with van der Waals surface area (Å²) in [6, 6.07) is 52.9. The van der Waals surface area contributed by atoms with Crippen LogP contribution in [0.3, 0.4) is 0 Å². The molecular weight excluding hydrogens is 677 g/mol. The highest BCUT2D eigenvalue weighted by Gasteiger charge is 2.45. The lowest BCUT2D eigenvalue weighted by molar-refractivity contribution is 0.392. The van der Waals surface area contributed by atoms with Crippen molar-refractivity contribution < 1.29 is 0 Å². The number of fused-ring (bicyclic) bond motifs is 5. The molecule has 0 N–H and O–H groups in total. The third-order valence-corrected chi connectivity index (χ3v) is 12.4. The zero-order valence-corrected chi connectivity index (χ0v) is 33.6. The molecule has 7 aromatic rings. The number of rotatable bonds is 5. The third kappa shape index (κ3) is 5.49. The first-order chi connectivity index (χ1) is 27.0.